The van der Waals surface area contributed by atoms with E-state index in [4.69, 9.17) is 16.6 Å². The van der Waals surface area contributed by atoms with E-state index in [2.05, 4.69) is 9.80 Å². The fraction of sp³-hybridized carbons (Fsp3) is 0.529. The highest BCUT2D eigenvalue weighted by Gasteiger charge is 2.30. The smallest absolute Gasteiger partial charge is 0.225 e. The lowest BCUT2D eigenvalue weighted by molar-refractivity contribution is -0.135. The molecule has 0 N–H and O–H groups in total. The fourth-order valence-corrected chi connectivity index (χ4v) is 4.86. The molecule has 0 unspecified atom stereocenters. The van der Waals surface area contributed by atoms with E-state index < -0.39 is 0 Å². The number of piperazine rings is 1. The monoisotopic (exact) mass is 349 g/mol. The molecule has 4 rings (SSSR count). The number of carbonyl (C=O) groups is 1. The Kier molecular flexibility index (Phi) is 4.16. The number of nitrogens with zero attached hydrogens (tertiary/aromatic N) is 3. The maximum atomic E-state index is 12.5. The highest BCUT2D eigenvalue weighted by atomic mass is 35.5. The number of rotatable bonds is 2. The van der Waals surface area contributed by atoms with E-state index in [-0.39, 0.29) is 5.92 Å². The normalized spacial score (nSPS) is 19.7. The summed E-state index contributed by atoms with van der Waals surface area (Å²) in [5.41, 5.74) is 0.999. The van der Waals surface area contributed by atoms with Crippen LogP contribution < -0.4 is 4.90 Å². The Morgan fingerprint density at radius 3 is 2.65 bits per heavy atom. The second kappa shape index (κ2) is 6.29. The molecule has 23 heavy (non-hydrogen) atoms. The van der Waals surface area contributed by atoms with Crippen molar-refractivity contribution in [3.8, 4) is 0 Å². The number of benzene rings is 1. The molecule has 4 nitrogen and oxygen atoms in total. The van der Waals surface area contributed by atoms with E-state index in [0.29, 0.717) is 5.91 Å². The van der Waals surface area contributed by atoms with Crippen LogP contribution in [0.3, 0.4) is 0 Å². The Balaban J connectivity index is 1.43. The summed E-state index contributed by atoms with van der Waals surface area (Å²) in [6, 6.07) is 5.82. The van der Waals surface area contributed by atoms with Gasteiger partial charge in [0.05, 0.1) is 10.2 Å². The van der Waals surface area contributed by atoms with Crippen LogP contribution in [0.15, 0.2) is 18.2 Å². The minimum absolute atomic E-state index is 0.283. The number of halogens is 1. The number of hydrogen-bond donors (Lipinski definition) is 0. The van der Waals surface area contributed by atoms with E-state index in [9.17, 15) is 4.79 Å². The van der Waals surface area contributed by atoms with Gasteiger partial charge in [0.2, 0.25) is 5.91 Å². The van der Waals surface area contributed by atoms with Crippen LogP contribution in [-0.2, 0) is 4.79 Å². The van der Waals surface area contributed by atoms with Crippen molar-refractivity contribution < 1.29 is 4.79 Å². The summed E-state index contributed by atoms with van der Waals surface area (Å²) in [5, 5.41) is 1.79. The Morgan fingerprint density at radius 1 is 1.17 bits per heavy atom. The summed E-state index contributed by atoms with van der Waals surface area (Å²) < 4.78 is 1.12. The van der Waals surface area contributed by atoms with E-state index in [1.807, 2.05) is 18.2 Å². The average molecular weight is 350 g/mol. The summed E-state index contributed by atoms with van der Waals surface area (Å²) in [5.74, 6) is 0.657. The van der Waals surface area contributed by atoms with Crippen LogP contribution in [0, 0.1) is 5.92 Å². The number of carbonyl (C=O) groups excluding carboxylic acids is 1. The van der Waals surface area contributed by atoms with Gasteiger partial charge in [0.15, 0.2) is 5.13 Å². The molecule has 1 saturated carbocycles. The van der Waals surface area contributed by atoms with Crippen LogP contribution in [0.1, 0.15) is 25.7 Å². The van der Waals surface area contributed by atoms with Gasteiger partial charge in [0, 0.05) is 37.1 Å². The van der Waals surface area contributed by atoms with Crippen molar-refractivity contribution in [2.24, 2.45) is 5.92 Å². The van der Waals surface area contributed by atoms with Crippen LogP contribution in [0.2, 0.25) is 5.02 Å². The summed E-state index contributed by atoms with van der Waals surface area (Å²) in [6.07, 6.45) is 4.59. The second-order valence-corrected chi connectivity index (χ2v) is 7.85. The van der Waals surface area contributed by atoms with Gasteiger partial charge in [-0.25, -0.2) is 4.98 Å². The first-order valence-corrected chi connectivity index (χ1v) is 9.50. The highest BCUT2D eigenvalue weighted by Crippen LogP contribution is 2.32. The molecule has 2 aliphatic rings. The topological polar surface area (TPSA) is 36.4 Å². The van der Waals surface area contributed by atoms with Crippen LogP contribution in [0.4, 0.5) is 5.13 Å². The zero-order valence-corrected chi connectivity index (χ0v) is 14.6. The largest absolute Gasteiger partial charge is 0.345 e. The van der Waals surface area contributed by atoms with Crippen LogP contribution in [0.5, 0.6) is 0 Å². The van der Waals surface area contributed by atoms with Gasteiger partial charge in [0.25, 0.3) is 0 Å². The van der Waals surface area contributed by atoms with Gasteiger partial charge in [-0.2, -0.15) is 0 Å². The third-order valence-corrected chi connectivity index (χ3v) is 6.22. The number of anilines is 1. The van der Waals surface area contributed by atoms with Crippen LogP contribution >= 0.6 is 22.9 Å². The van der Waals surface area contributed by atoms with Crippen molar-refractivity contribution in [2.45, 2.75) is 25.7 Å². The highest BCUT2D eigenvalue weighted by molar-refractivity contribution is 7.22. The quantitative estimate of drug-likeness (QED) is 0.827. The Morgan fingerprint density at radius 2 is 1.91 bits per heavy atom. The molecule has 0 radical (unpaired) electrons. The van der Waals surface area contributed by atoms with Gasteiger partial charge in [-0.15, -0.1) is 0 Å². The van der Waals surface area contributed by atoms with Crippen molar-refractivity contribution >= 4 is 44.2 Å². The van der Waals surface area contributed by atoms with E-state index >= 15 is 0 Å². The zero-order valence-electron chi connectivity index (χ0n) is 13.0. The molecule has 1 saturated heterocycles. The summed E-state index contributed by atoms with van der Waals surface area (Å²) in [7, 11) is 0. The van der Waals surface area contributed by atoms with Crippen molar-refractivity contribution in [1.29, 1.82) is 0 Å². The number of amides is 1. The van der Waals surface area contributed by atoms with Crippen LogP contribution in [-0.4, -0.2) is 42.0 Å². The second-order valence-electron chi connectivity index (χ2n) is 6.40. The predicted octanol–water partition coefficient (Wildman–Crippen LogP) is 3.79. The molecule has 6 heteroatoms. The number of aromatic nitrogens is 1. The van der Waals surface area contributed by atoms with Gasteiger partial charge >= 0.3 is 0 Å². The van der Waals surface area contributed by atoms with Crippen LogP contribution in [0.25, 0.3) is 10.2 Å². The molecule has 2 heterocycles. The molecule has 1 aliphatic carbocycles. The number of thiazole rings is 1. The molecule has 1 aromatic heterocycles. The molecule has 2 fully saturated rings. The Labute approximate surface area is 145 Å². The first kappa shape index (κ1) is 15.2. The zero-order chi connectivity index (χ0) is 15.8. The van der Waals surface area contributed by atoms with Crippen molar-refractivity contribution in [2.75, 3.05) is 31.1 Å². The molecule has 0 atom stereocenters. The molecule has 1 aromatic carbocycles. The summed E-state index contributed by atoms with van der Waals surface area (Å²) in [4.78, 5) is 21.5. The van der Waals surface area contributed by atoms with Gasteiger partial charge < -0.3 is 9.80 Å². The molecule has 2 aromatic rings. The lowest BCUT2D eigenvalue weighted by Gasteiger charge is -2.35. The molecule has 0 spiro atoms. The minimum Gasteiger partial charge on any atom is -0.345 e. The summed E-state index contributed by atoms with van der Waals surface area (Å²) in [6.45, 7) is 3.36. The lowest BCUT2D eigenvalue weighted by Crippen LogP contribution is -2.50. The van der Waals surface area contributed by atoms with Crippen molar-refractivity contribution in [3.63, 3.8) is 0 Å². The maximum absolute atomic E-state index is 12.5. The van der Waals surface area contributed by atoms with Crippen molar-refractivity contribution in [1.82, 2.24) is 9.88 Å². The van der Waals surface area contributed by atoms with Gasteiger partial charge in [-0.05, 0) is 31.0 Å². The lowest BCUT2D eigenvalue weighted by atomic mass is 10.1. The van der Waals surface area contributed by atoms with Gasteiger partial charge in [0.1, 0.15) is 0 Å². The Hall–Kier alpha value is -1.33. The SMILES string of the molecule is O=C(C1CCCC1)N1CCN(c2nc3ccc(Cl)cc3s2)CC1. The van der Waals surface area contributed by atoms with Gasteiger partial charge in [-0.1, -0.05) is 35.8 Å². The maximum Gasteiger partial charge on any atom is 0.225 e. The van der Waals surface area contributed by atoms with Crippen molar-refractivity contribution in [3.05, 3.63) is 23.2 Å². The molecule has 1 aliphatic heterocycles. The molecule has 122 valence electrons. The number of hydrogen-bond acceptors (Lipinski definition) is 4. The third kappa shape index (κ3) is 3.04. The van der Waals surface area contributed by atoms with E-state index in [0.717, 1.165) is 59.4 Å². The third-order valence-electron chi connectivity index (χ3n) is 4.91. The summed E-state index contributed by atoms with van der Waals surface area (Å²) >= 11 is 7.73. The molecular formula is C17H20ClN3OS. The average Bonchev–Trinajstić information content (AvgIpc) is 3.23. The first-order chi connectivity index (χ1) is 11.2. The van der Waals surface area contributed by atoms with E-state index in [1.54, 1.807) is 11.3 Å². The minimum atomic E-state index is 0.283. The first-order valence-electron chi connectivity index (χ1n) is 8.30. The number of fused-ring (bicyclic) bond motifs is 1. The molecule has 0 bridgehead atoms. The predicted molar refractivity (Wildman–Crippen MR) is 95.4 cm³/mol. The molecule has 1 amide bonds. The fourth-order valence-electron chi connectivity index (χ4n) is 3.57. The Bertz CT molecular complexity index is 718. The van der Waals surface area contributed by atoms with E-state index in [1.165, 1.54) is 12.8 Å². The standard InChI is InChI=1S/C17H20ClN3OS/c18-13-5-6-14-15(11-13)23-17(19-14)21-9-7-20(8-10-21)16(22)12-3-1-2-4-12/h5-6,11-12H,1-4,7-10H2. The van der Waals surface area contributed by atoms with Gasteiger partial charge in [-0.3, -0.25) is 4.79 Å². The molecular weight excluding hydrogens is 330 g/mol.